The number of allylic oxidation sites excluding steroid dienone is 2. The molecule has 4 heteroatoms. The largest absolute Gasteiger partial charge is 0.494 e. The van der Waals surface area contributed by atoms with Gasteiger partial charge in [-0.25, -0.2) is 0 Å². The van der Waals surface area contributed by atoms with Gasteiger partial charge in [-0.1, -0.05) is 41.1 Å². The minimum absolute atomic E-state index is 0.918. The zero-order chi connectivity index (χ0) is 14.0. The molecular weight excluding hydrogens is 320 g/mol. The minimum atomic E-state index is -1.48. The van der Waals surface area contributed by atoms with Gasteiger partial charge in [-0.15, -0.1) is 0 Å². The summed E-state index contributed by atoms with van der Waals surface area (Å²) in [5, 5.41) is 1.08. The van der Waals surface area contributed by atoms with Crippen LogP contribution in [0.1, 0.15) is 31.4 Å². The molecule has 0 fully saturated rings. The van der Waals surface area contributed by atoms with Gasteiger partial charge >= 0.3 is 0 Å². The number of ether oxygens (including phenoxy) is 1. The van der Waals surface area contributed by atoms with Crippen molar-refractivity contribution in [2.45, 2.75) is 51.7 Å². The molecule has 0 amide bonds. The van der Waals surface area contributed by atoms with Crippen molar-refractivity contribution in [3.8, 4) is 5.75 Å². The van der Waals surface area contributed by atoms with Crippen LogP contribution in [0, 0.1) is 0 Å². The van der Waals surface area contributed by atoms with E-state index in [0.29, 0.717) is 0 Å². The number of furan rings is 1. The maximum absolute atomic E-state index is 6.10. The van der Waals surface area contributed by atoms with E-state index in [1.54, 1.807) is 7.11 Å². The van der Waals surface area contributed by atoms with Crippen molar-refractivity contribution in [3.05, 3.63) is 21.9 Å². The van der Waals surface area contributed by atoms with Crippen LogP contribution >= 0.6 is 15.9 Å². The predicted molar refractivity (Wildman–Crippen MR) is 86.4 cm³/mol. The molecule has 0 radical (unpaired) electrons. The Bertz CT molecular complexity index is 483. The Balaban J connectivity index is 2.24. The third-order valence-electron chi connectivity index (χ3n) is 3.55. The molecule has 0 N–H and O–H groups in total. The lowest BCUT2D eigenvalue weighted by atomic mass is 9.96. The zero-order valence-corrected chi connectivity index (χ0v) is 14.9. The first kappa shape index (κ1) is 14.9. The molecule has 19 heavy (non-hydrogen) atoms. The van der Waals surface area contributed by atoms with Crippen molar-refractivity contribution in [3.63, 3.8) is 0 Å². The van der Waals surface area contributed by atoms with Crippen LogP contribution in [0.3, 0.4) is 0 Å². The Labute approximate surface area is 125 Å². The second-order valence-electron chi connectivity index (χ2n) is 6.25. The number of hydrogen-bond acceptors (Lipinski definition) is 2. The second-order valence-corrected chi connectivity index (χ2v) is 12.2. The molecule has 0 aliphatic heterocycles. The SMILES string of the molecule is COc1cc(CC2=C(Br)CCCC2)oc1[Si](C)(C)C. The van der Waals surface area contributed by atoms with Crippen LogP contribution in [0.15, 0.2) is 20.5 Å². The van der Waals surface area contributed by atoms with E-state index in [0.717, 1.165) is 23.3 Å². The monoisotopic (exact) mass is 342 g/mol. The number of methoxy groups -OCH3 is 1. The van der Waals surface area contributed by atoms with Crippen LogP contribution in [-0.2, 0) is 6.42 Å². The van der Waals surface area contributed by atoms with E-state index in [1.807, 2.05) is 0 Å². The molecule has 0 bridgehead atoms. The van der Waals surface area contributed by atoms with Gasteiger partial charge in [0.1, 0.15) is 19.2 Å². The summed E-state index contributed by atoms with van der Waals surface area (Å²) < 4.78 is 13.0. The average molecular weight is 343 g/mol. The fraction of sp³-hybridized carbons (Fsp3) is 0.600. The van der Waals surface area contributed by atoms with Gasteiger partial charge < -0.3 is 9.15 Å². The summed E-state index contributed by atoms with van der Waals surface area (Å²) in [6, 6.07) is 2.08. The normalized spacial score (nSPS) is 16.9. The van der Waals surface area contributed by atoms with Crippen molar-refractivity contribution in [1.29, 1.82) is 0 Å². The fourth-order valence-corrected chi connectivity index (χ4v) is 4.48. The molecule has 0 atom stereocenters. The highest BCUT2D eigenvalue weighted by Crippen LogP contribution is 2.32. The maximum atomic E-state index is 6.10. The van der Waals surface area contributed by atoms with E-state index < -0.39 is 8.07 Å². The first-order valence-electron chi connectivity index (χ1n) is 6.95. The fourth-order valence-electron chi connectivity index (χ4n) is 2.51. The lowest BCUT2D eigenvalue weighted by molar-refractivity contribution is 0.412. The summed E-state index contributed by atoms with van der Waals surface area (Å²) in [6.07, 6.45) is 5.87. The Morgan fingerprint density at radius 3 is 2.47 bits per heavy atom. The summed E-state index contributed by atoms with van der Waals surface area (Å²) in [4.78, 5) is 0. The third-order valence-corrected chi connectivity index (χ3v) is 6.21. The summed E-state index contributed by atoms with van der Waals surface area (Å²) in [5.74, 6) is 1.98. The van der Waals surface area contributed by atoms with Gasteiger partial charge in [-0.05, 0) is 30.2 Å². The van der Waals surface area contributed by atoms with Gasteiger partial charge in [0.25, 0.3) is 0 Å². The molecule has 0 saturated carbocycles. The molecule has 2 rings (SSSR count). The summed E-state index contributed by atoms with van der Waals surface area (Å²) in [5.41, 5.74) is 1.49. The van der Waals surface area contributed by atoms with Crippen molar-refractivity contribution in [2.75, 3.05) is 7.11 Å². The number of rotatable bonds is 4. The first-order valence-corrected chi connectivity index (χ1v) is 11.2. The van der Waals surface area contributed by atoms with E-state index in [2.05, 4.69) is 41.6 Å². The first-order chi connectivity index (χ1) is 8.91. The highest BCUT2D eigenvalue weighted by Gasteiger charge is 2.27. The Hall–Kier alpha value is -0.483. The van der Waals surface area contributed by atoms with Gasteiger partial charge in [-0.2, -0.15) is 0 Å². The Kier molecular flexibility index (Phi) is 4.61. The highest BCUT2D eigenvalue weighted by atomic mass is 79.9. The van der Waals surface area contributed by atoms with Crippen molar-refractivity contribution in [1.82, 2.24) is 0 Å². The van der Waals surface area contributed by atoms with Crippen molar-refractivity contribution >= 4 is 29.4 Å². The lowest BCUT2D eigenvalue weighted by Crippen LogP contribution is -2.37. The molecular formula is C15H23BrO2Si. The van der Waals surface area contributed by atoms with Crippen LogP contribution in [-0.4, -0.2) is 15.2 Å². The van der Waals surface area contributed by atoms with Crippen LogP contribution in [0.2, 0.25) is 19.6 Å². The summed E-state index contributed by atoms with van der Waals surface area (Å²) in [7, 11) is 0.250. The predicted octanol–water partition coefficient (Wildman–Crippen LogP) is 4.60. The van der Waals surface area contributed by atoms with Crippen LogP contribution in [0.4, 0.5) is 0 Å². The van der Waals surface area contributed by atoms with Gasteiger partial charge in [0, 0.05) is 12.5 Å². The quantitative estimate of drug-likeness (QED) is 0.746. The summed E-state index contributed by atoms with van der Waals surface area (Å²) in [6.45, 7) is 6.86. The van der Waals surface area contributed by atoms with E-state index in [9.17, 15) is 0 Å². The van der Waals surface area contributed by atoms with Gasteiger partial charge in [0.05, 0.1) is 7.11 Å². The standard InChI is InChI=1S/C15H23BrO2Si/c1-17-14-10-12(18-15(14)19(2,3)4)9-11-7-5-6-8-13(11)16/h10H,5-9H2,1-4H3. The smallest absolute Gasteiger partial charge is 0.155 e. The van der Waals surface area contributed by atoms with Gasteiger partial charge in [-0.3, -0.25) is 0 Å². The molecule has 0 unspecified atom stereocenters. The molecule has 1 aliphatic rings. The molecule has 0 spiro atoms. The number of hydrogen-bond donors (Lipinski definition) is 0. The van der Waals surface area contributed by atoms with Crippen LogP contribution in [0.25, 0.3) is 0 Å². The molecule has 1 aliphatic carbocycles. The lowest BCUT2D eigenvalue weighted by Gasteiger charge is -2.16. The zero-order valence-electron chi connectivity index (χ0n) is 12.3. The topological polar surface area (TPSA) is 22.4 Å². The molecule has 106 valence electrons. The maximum Gasteiger partial charge on any atom is 0.155 e. The average Bonchev–Trinajstić information content (AvgIpc) is 2.75. The van der Waals surface area contributed by atoms with Crippen LogP contribution < -0.4 is 10.1 Å². The summed E-state index contributed by atoms with van der Waals surface area (Å²) >= 11 is 3.71. The molecule has 1 heterocycles. The van der Waals surface area contributed by atoms with E-state index in [4.69, 9.17) is 9.15 Å². The van der Waals surface area contributed by atoms with Crippen molar-refractivity contribution in [2.24, 2.45) is 0 Å². The molecule has 0 saturated heterocycles. The van der Waals surface area contributed by atoms with E-state index >= 15 is 0 Å². The third kappa shape index (κ3) is 3.54. The minimum Gasteiger partial charge on any atom is -0.494 e. The van der Waals surface area contributed by atoms with Crippen molar-refractivity contribution < 1.29 is 9.15 Å². The Morgan fingerprint density at radius 2 is 1.95 bits per heavy atom. The number of halogens is 1. The molecule has 0 aromatic carbocycles. The van der Waals surface area contributed by atoms with E-state index in [1.165, 1.54) is 35.7 Å². The Morgan fingerprint density at radius 1 is 1.26 bits per heavy atom. The van der Waals surface area contributed by atoms with E-state index in [-0.39, 0.29) is 0 Å². The van der Waals surface area contributed by atoms with Crippen LogP contribution in [0.5, 0.6) is 5.75 Å². The second kappa shape index (κ2) is 5.88. The van der Waals surface area contributed by atoms with Gasteiger partial charge in [0.15, 0.2) is 5.75 Å². The molecule has 2 nitrogen and oxygen atoms in total. The molecule has 1 aromatic heterocycles. The van der Waals surface area contributed by atoms with Gasteiger partial charge in [0.2, 0.25) is 0 Å². The highest BCUT2D eigenvalue weighted by molar-refractivity contribution is 9.11. The molecule has 1 aromatic rings.